The largest absolute Gasteiger partial charge is 0.378 e. The van der Waals surface area contributed by atoms with Crippen molar-refractivity contribution in [3.63, 3.8) is 0 Å². The van der Waals surface area contributed by atoms with Crippen molar-refractivity contribution in [2.75, 3.05) is 44.3 Å². The smallest absolute Gasteiger partial charge is 0.246 e. The maximum absolute atomic E-state index is 13.2. The van der Waals surface area contributed by atoms with Gasteiger partial charge in [0.25, 0.3) is 0 Å². The number of ether oxygens (including phenoxy) is 1. The summed E-state index contributed by atoms with van der Waals surface area (Å²) in [5.41, 5.74) is 1.36. The Morgan fingerprint density at radius 3 is 2.30 bits per heavy atom. The number of rotatable bonds is 3. The molecule has 4 rings (SSSR count). The van der Waals surface area contributed by atoms with Gasteiger partial charge in [-0.1, -0.05) is 12.8 Å². The Hall–Kier alpha value is -1.97. The molecule has 3 aliphatic rings. The number of nitrogens with zero attached hydrogens (tertiary/aromatic N) is 3. The predicted octanol–water partition coefficient (Wildman–Crippen LogP) is 1.39. The molecule has 1 atom stereocenters. The zero-order valence-electron chi connectivity index (χ0n) is 17.4. The molecule has 0 saturated carbocycles. The molecule has 8 nitrogen and oxygen atoms in total. The number of amides is 2. The van der Waals surface area contributed by atoms with Crippen LogP contribution in [0.5, 0.6) is 0 Å². The SMILES string of the molecule is CC(=O)N1c2ccc(S(=O)(=O)N3CCCCCC3)cc2C[C@@H]1C(=O)N1CCOCC1. The molecule has 0 aliphatic carbocycles. The highest BCUT2D eigenvalue weighted by molar-refractivity contribution is 7.89. The molecule has 0 aromatic heterocycles. The summed E-state index contributed by atoms with van der Waals surface area (Å²) in [5, 5.41) is 0. The zero-order chi connectivity index (χ0) is 21.3. The molecular formula is C21H29N3O5S. The summed E-state index contributed by atoms with van der Waals surface area (Å²) < 4.78 is 33.2. The molecule has 2 saturated heterocycles. The number of carbonyl (C=O) groups excluding carboxylic acids is 2. The van der Waals surface area contributed by atoms with Crippen molar-refractivity contribution in [2.24, 2.45) is 0 Å². The Bertz CT molecular complexity index is 919. The minimum absolute atomic E-state index is 0.110. The van der Waals surface area contributed by atoms with Crippen LogP contribution in [-0.2, 0) is 30.8 Å². The second kappa shape index (κ2) is 8.64. The van der Waals surface area contributed by atoms with Crippen LogP contribution in [-0.4, -0.2) is 74.9 Å². The first-order chi connectivity index (χ1) is 14.4. The number of morpholine rings is 1. The van der Waals surface area contributed by atoms with Gasteiger partial charge in [0.2, 0.25) is 21.8 Å². The monoisotopic (exact) mass is 435 g/mol. The first-order valence-corrected chi connectivity index (χ1v) is 12.1. The maximum Gasteiger partial charge on any atom is 0.246 e. The van der Waals surface area contributed by atoms with Crippen molar-refractivity contribution in [1.29, 1.82) is 0 Å². The number of anilines is 1. The average molecular weight is 436 g/mol. The van der Waals surface area contributed by atoms with Gasteiger partial charge in [-0.2, -0.15) is 4.31 Å². The van der Waals surface area contributed by atoms with Gasteiger partial charge in [0.1, 0.15) is 6.04 Å². The Morgan fingerprint density at radius 2 is 1.67 bits per heavy atom. The summed E-state index contributed by atoms with van der Waals surface area (Å²) in [7, 11) is -3.58. The van der Waals surface area contributed by atoms with Crippen molar-refractivity contribution >= 4 is 27.5 Å². The maximum atomic E-state index is 13.2. The number of carbonyl (C=O) groups is 2. The van der Waals surface area contributed by atoms with Gasteiger partial charge in [0.15, 0.2) is 0 Å². The van der Waals surface area contributed by atoms with Gasteiger partial charge in [0.05, 0.1) is 18.1 Å². The van der Waals surface area contributed by atoms with Crippen molar-refractivity contribution in [3.8, 4) is 0 Å². The minimum atomic E-state index is -3.58. The quantitative estimate of drug-likeness (QED) is 0.716. The van der Waals surface area contributed by atoms with E-state index in [1.54, 1.807) is 27.4 Å². The van der Waals surface area contributed by atoms with Crippen molar-refractivity contribution in [3.05, 3.63) is 23.8 Å². The summed E-state index contributed by atoms with van der Waals surface area (Å²) in [6, 6.07) is 4.26. The Balaban J connectivity index is 1.62. The fraction of sp³-hybridized carbons (Fsp3) is 0.619. The lowest BCUT2D eigenvalue weighted by Gasteiger charge is -2.32. The van der Waals surface area contributed by atoms with Crippen LogP contribution in [0, 0.1) is 0 Å². The molecule has 2 amide bonds. The lowest BCUT2D eigenvalue weighted by Crippen LogP contribution is -2.52. The number of hydrogen-bond donors (Lipinski definition) is 0. The Morgan fingerprint density at radius 1 is 1.00 bits per heavy atom. The molecule has 0 N–H and O–H groups in total. The van der Waals surface area contributed by atoms with E-state index in [1.165, 1.54) is 11.8 Å². The van der Waals surface area contributed by atoms with E-state index in [4.69, 9.17) is 4.74 Å². The van der Waals surface area contributed by atoms with Gasteiger partial charge < -0.3 is 9.64 Å². The molecule has 30 heavy (non-hydrogen) atoms. The van der Waals surface area contributed by atoms with E-state index in [-0.39, 0.29) is 16.7 Å². The highest BCUT2D eigenvalue weighted by Gasteiger charge is 2.40. The fourth-order valence-corrected chi connectivity index (χ4v) is 6.17. The molecular weight excluding hydrogens is 406 g/mol. The van der Waals surface area contributed by atoms with E-state index in [2.05, 4.69) is 0 Å². The molecule has 1 aromatic rings. The van der Waals surface area contributed by atoms with Crippen LogP contribution < -0.4 is 4.90 Å². The van der Waals surface area contributed by atoms with Crippen LogP contribution >= 0.6 is 0 Å². The molecule has 0 radical (unpaired) electrons. The topological polar surface area (TPSA) is 87.2 Å². The van der Waals surface area contributed by atoms with Crippen molar-refractivity contribution in [1.82, 2.24) is 9.21 Å². The number of fused-ring (bicyclic) bond motifs is 1. The summed E-state index contributed by atoms with van der Waals surface area (Å²) in [6.45, 7) is 4.51. The summed E-state index contributed by atoms with van der Waals surface area (Å²) in [6.07, 6.45) is 4.18. The van der Waals surface area contributed by atoms with Gasteiger partial charge in [0, 0.05) is 45.2 Å². The lowest BCUT2D eigenvalue weighted by molar-refractivity contribution is -0.137. The molecule has 1 aromatic carbocycles. The summed E-state index contributed by atoms with van der Waals surface area (Å²) in [4.78, 5) is 29.0. The highest BCUT2D eigenvalue weighted by Crippen LogP contribution is 2.35. The number of sulfonamides is 1. The predicted molar refractivity (Wildman–Crippen MR) is 112 cm³/mol. The van der Waals surface area contributed by atoms with Crippen molar-refractivity contribution < 1.29 is 22.7 Å². The van der Waals surface area contributed by atoms with E-state index in [0.29, 0.717) is 51.5 Å². The van der Waals surface area contributed by atoms with Crippen LogP contribution in [0.2, 0.25) is 0 Å². The number of benzene rings is 1. The van der Waals surface area contributed by atoms with Crippen molar-refractivity contribution in [2.45, 2.75) is 50.0 Å². The van der Waals surface area contributed by atoms with Crippen LogP contribution in [0.25, 0.3) is 0 Å². The Labute approximate surface area is 177 Å². The molecule has 0 unspecified atom stereocenters. The third kappa shape index (κ3) is 3.98. The first-order valence-electron chi connectivity index (χ1n) is 10.7. The van der Waals surface area contributed by atoms with Crippen LogP contribution in [0.1, 0.15) is 38.2 Å². The second-order valence-electron chi connectivity index (χ2n) is 8.16. The molecule has 0 bridgehead atoms. The molecule has 164 valence electrons. The van der Waals surface area contributed by atoms with Gasteiger partial charge in [-0.05, 0) is 36.6 Å². The van der Waals surface area contributed by atoms with E-state index in [1.807, 2.05) is 0 Å². The standard InChI is InChI=1S/C21H29N3O5S/c1-16(25)24-19-7-6-18(30(27,28)23-8-4-2-3-5-9-23)14-17(19)15-20(24)21(26)22-10-12-29-13-11-22/h6-7,14,20H,2-5,8-13,15H2,1H3/t20-/m1/s1. The van der Waals surface area contributed by atoms with Gasteiger partial charge in [-0.3, -0.25) is 14.5 Å². The molecule has 0 spiro atoms. The molecule has 2 fully saturated rings. The third-order valence-corrected chi connectivity index (χ3v) is 8.08. The first kappa shape index (κ1) is 21.3. The third-order valence-electron chi connectivity index (χ3n) is 6.19. The van der Waals surface area contributed by atoms with E-state index in [9.17, 15) is 18.0 Å². The number of hydrogen-bond acceptors (Lipinski definition) is 5. The summed E-state index contributed by atoms with van der Waals surface area (Å²) in [5.74, 6) is -0.329. The van der Waals surface area contributed by atoms with E-state index < -0.39 is 16.1 Å². The van der Waals surface area contributed by atoms with Crippen LogP contribution in [0.3, 0.4) is 0 Å². The minimum Gasteiger partial charge on any atom is -0.378 e. The average Bonchev–Trinajstić information content (AvgIpc) is 2.91. The fourth-order valence-electron chi connectivity index (χ4n) is 4.60. The van der Waals surface area contributed by atoms with Crippen LogP contribution in [0.15, 0.2) is 23.1 Å². The summed E-state index contributed by atoms with van der Waals surface area (Å²) >= 11 is 0. The van der Waals surface area contributed by atoms with Gasteiger partial charge in [-0.15, -0.1) is 0 Å². The zero-order valence-corrected chi connectivity index (χ0v) is 18.2. The van der Waals surface area contributed by atoms with Crippen LogP contribution in [0.4, 0.5) is 5.69 Å². The Kier molecular flexibility index (Phi) is 6.13. The van der Waals surface area contributed by atoms with Gasteiger partial charge >= 0.3 is 0 Å². The molecule has 3 heterocycles. The molecule has 3 aliphatic heterocycles. The lowest BCUT2D eigenvalue weighted by atomic mass is 10.1. The van der Waals surface area contributed by atoms with Gasteiger partial charge in [-0.25, -0.2) is 8.42 Å². The molecule has 9 heteroatoms. The normalized spacial score (nSPS) is 23.2. The van der Waals surface area contributed by atoms with E-state index >= 15 is 0 Å². The highest BCUT2D eigenvalue weighted by atomic mass is 32.2. The second-order valence-corrected chi connectivity index (χ2v) is 10.1. The van der Waals surface area contributed by atoms with E-state index in [0.717, 1.165) is 31.2 Å².